The van der Waals surface area contributed by atoms with Gasteiger partial charge in [-0.15, -0.1) is 11.3 Å². The molecule has 1 heterocycles. The predicted octanol–water partition coefficient (Wildman–Crippen LogP) is 3.84. The van der Waals surface area contributed by atoms with Crippen LogP contribution in [0, 0.1) is 5.92 Å². The zero-order valence-electron chi connectivity index (χ0n) is 11.9. The van der Waals surface area contributed by atoms with E-state index in [0.29, 0.717) is 12.0 Å². The molecule has 1 atom stereocenters. The van der Waals surface area contributed by atoms with Crippen LogP contribution in [-0.2, 0) is 12.8 Å². The molecule has 3 heteroatoms. The highest BCUT2D eigenvalue weighted by Gasteiger charge is 2.12. The fourth-order valence-electron chi connectivity index (χ4n) is 2.17. The molecule has 0 aliphatic rings. The van der Waals surface area contributed by atoms with Gasteiger partial charge in [0.05, 0.1) is 10.7 Å². The zero-order valence-corrected chi connectivity index (χ0v) is 12.7. The van der Waals surface area contributed by atoms with Gasteiger partial charge in [0.1, 0.15) is 0 Å². The summed E-state index contributed by atoms with van der Waals surface area (Å²) in [7, 11) is 2.01. The van der Waals surface area contributed by atoms with Gasteiger partial charge in [0.25, 0.3) is 0 Å². The fourth-order valence-corrected chi connectivity index (χ4v) is 3.19. The van der Waals surface area contributed by atoms with Crippen molar-refractivity contribution >= 4 is 11.3 Å². The molecule has 0 bridgehead atoms. The molecule has 0 saturated carbocycles. The van der Waals surface area contributed by atoms with E-state index in [1.165, 1.54) is 16.3 Å². The Kier molecular flexibility index (Phi) is 5.11. The molecule has 1 unspecified atom stereocenters. The van der Waals surface area contributed by atoms with Gasteiger partial charge in [-0.1, -0.05) is 44.2 Å². The van der Waals surface area contributed by atoms with Gasteiger partial charge in [-0.05, 0) is 18.5 Å². The van der Waals surface area contributed by atoms with Crippen molar-refractivity contribution in [3.63, 3.8) is 0 Å². The Hall–Kier alpha value is -1.19. The fraction of sp³-hybridized carbons (Fsp3) is 0.438. The van der Waals surface area contributed by atoms with Crippen molar-refractivity contribution in [2.24, 2.45) is 5.92 Å². The lowest BCUT2D eigenvalue weighted by atomic mass is 10.0. The first kappa shape index (κ1) is 14.2. The van der Waals surface area contributed by atoms with Gasteiger partial charge < -0.3 is 5.32 Å². The minimum atomic E-state index is 0.343. The first-order valence-corrected chi connectivity index (χ1v) is 7.72. The highest BCUT2D eigenvalue weighted by atomic mass is 32.1. The van der Waals surface area contributed by atoms with E-state index in [1.807, 2.05) is 7.05 Å². The second kappa shape index (κ2) is 6.83. The molecule has 0 aliphatic carbocycles. The first-order valence-electron chi connectivity index (χ1n) is 6.84. The summed E-state index contributed by atoms with van der Waals surface area (Å²) < 4.78 is 0. The molecule has 0 amide bonds. The van der Waals surface area contributed by atoms with E-state index in [-0.39, 0.29) is 0 Å². The lowest BCUT2D eigenvalue weighted by molar-refractivity contribution is 0.582. The molecule has 0 saturated heterocycles. The van der Waals surface area contributed by atoms with Gasteiger partial charge in [0, 0.05) is 24.3 Å². The van der Waals surface area contributed by atoms with Crippen LogP contribution in [0.4, 0.5) is 0 Å². The predicted molar refractivity (Wildman–Crippen MR) is 82.6 cm³/mol. The summed E-state index contributed by atoms with van der Waals surface area (Å²) in [5, 5.41) is 6.84. The molecule has 0 spiro atoms. The second-order valence-electron chi connectivity index (χ2n) is 5.29. The third-order valence-corrected chi connectivity index (χ3v) is 4.07. The standard InChI is InChI=1S/C16H22N2S/c1-12(2)9-16-18-14(11-19-16)10-15(17-3)13-7-5-4-6-8-13/h4-8,11-12,15,17H,9-10H2,1-3H3. The molecule has 0 aliphatic heterocycles. The number of nitrogens with zero attached hydrogens (tertiary/aromatic N) is 1. The molecule has 0 radical (unpaired) electrons. The average Bonchev–Trinajstić information content (AvgIpc) is 2.83. The van der Waals surface area contributed by atoms with Crippen molar-refractivity contribution < 1.29 is 0 Å². The third-order valence-electron chi connectivity index (χ3n) is 3.15. The van der Waals surface area contributed by atoms with Crippen LogP contribution in [0.1, 0.15) is 36.2 Å². The van der Waals surface area contributed by atoms with Gasteiger partial charge in [-0.3, -0.25) is 0 Å². The zero-order chi connectivity index (χ0) is 13.7. The Morgan fingerprint density at radius 2 is 1.89 bits per heavy atom. The SMILES string of the molecule is CNC(Cc1csc(CC(C)C)n1)c1ccccc1. The van der Waals surface area contributed by atoms with Crippen molar-refractivity contribution in [3.05, 3.63) is 52.0 Å². The summed E-state index contributed by atoms with van der Waals surface area (Å²) >= 11 is 1.79. The summed E-state index contributed by atoms with van der Waals surface area (Å²) in [5.41, 5.74) is 2.52. The van der Waals surface area contributed by atoms with Gasteiger partial charge in [0.2, 0.25) is 0 Å². The number of thiazole rings is 1. The van der Waals surface area contributed by atoms with Crippen LogP contribution >= 0.6 is 11.3 Å². The number of rotatable bonds is 6. The van der Waals surface area contributed by atoms with E-state index in [2.05, 4.69) is 54.9 Å². The van der Waals surface area contributed by atoms with Crippen LogP contribution in [0.15, 0.2) is 35.7 Å². The summed E-state index contributed by atoms with van der Waals surface area (Å²) in [6.45, 7) is 4.48. The molecule has 102 valence electrons. The van der Waals surface area contributed by atoms with E-state index in [0.717, 1.165) is 12.8 Å². The van der Waals surface area contributed by atoms with Crippen molar-refractivity contribution in [3.8, 4) is 0 Å². The third kappa shape index (κ3) is 4.15. The molecule has 2 rings (SSSR count). The Morgan fingerprint density at radius 3 is 2.53 bits per heavy atom. The largest absolute Gasteiger partial charge is 0.313 e. The van der Waals surface area contributed by atoms with Crippen LogP contribution in [0.3, 0.4) is 0 Å². The van der Waals surface area contributed by atoms with Gasteiger partial charge in [-0.25, -0.2) is 4.98 Å². The van der Waals surface area contributed by atoms with E-state index < -0.39 is 0 Å². The topological polar surface area (TPSA) is 24.9 Å². The van der Waals surface area contributed by atoms with E-state index in [1.54, 1.807) is 11.3 Å². The molecule has 19 heavy (non-hydrogen) atoms. The van der Waals surface area contributed by atoms with Crippen molar-refractivity contribution in [1.82, 2.24) is 10.3 Å². The van der Waals surface area contributed by atoms with Crippen LogP contribution in [-0.4, -0.2) is 12.0 Å². The summed E-state index contributed by atoms with van der Waals surface area (Å²) in [5.74, 6) is 0.674. The number of benzene rings is 1. The van der Waals surface area contributed by atoms with Gasteiger partial charge in [0.15, 0.2) is 0 Å². The van der Waals surface area contributed by atoms with Crippen molar-refractivity contribution in [2.45, 2.75) is 32.7 Å². The Labute approximate surface area is 119 Å². The first-order chi connectivity index (χ1) is 9.19. The highest BCUT2D eigenvalue weighted by molar-refractivity contribution is 7.09. The maximum absolute atomic E-state index is 4.74. The lowest BCUT2D eigenvalue weighted by Crippen LogP contribution is -2.18. The molecule has 1 aromatic heterocycles. The van der Waals surface area contributed by atoms with E-state index in [4.69, 9.17) is 4.98 Å². The number of likely N-dealkylation sites (N-methyl/N-ethyl adjacent to an activating group) is 1. The van der Waals surface area contributed by atoms with Crippen LogP contribution < -0.4 is 5.32 Å². The maximum atomic E-state index is 4.74. The van der Waals surface area contributed by atoms with Gasteiger partial charge in [-0.2, -0.15) is 0 Å². The number of nitrogens with one attached hydrogen (secondary N) is 1. The number of hydrogen-bond acceptors (Lipinski definition) is 3. The van der Waals surface area contributed by atoms with Crippen LogP contribution in [0.2, 0.25) is 0 Å². The van der Waals surface area contributed by atoms with Crippen molar-refractivity contribution in [1.29, 1.82) is 0 Å². The summed E-state index contributed by atoms with van der Waals surface area (Å²) in [6.07, 6.45) is 2.04. The quantitative estimate of drug-likeness (QED) is 0.865. The summed E-state index contributed by atoms with van der Waals surface area (Å²) in [6, 6.07) is 10.9. The molecule has 2 aromatic rings. The maximum Gasteiger partial charge on any atom is 0.0930 e. The van der Waals surface area contributed by atoms with Crippen LogP contribution in [0.5, 0.6) is 0 Å². The second-order valence-corrected chi connectivity index (χ2v) is 6.23. The monoisotopic (exact) mass is 274 g/mol. The molecule has 1 N–H and O–H groups in total. The Bertz CT molecular complexity index is 490. The normalized spacial score (nSPS) is 12.8. The lowest BCUT2D eigenvalue weighted by Gasteiger charge is -2.15. The number of aromatic nitrogens is 1. The summed E-state index contributed by atoms with van der Waals surface area (Å²) in [4.78, 5) is 4.74. The Balaban J connectivity index is 2.04. The van der Waals surface area contributed by atoms with E-state index in [9.17, 15) is 0 Å². The Morgan fingerprint density at radius 1 is 1.16 bits per heavy atom. The molecular weight excluding hydrogens is 252 g/mol. The molecule has 0 fully saturated rings. The molecule has 2 nitrogen and oxygen atoms in total. The van der Waals surface area contributed by atoms with Gasteiger partial charge >= 0.3 is 0 Å². The van der Waals surface area contributed by atoms with Crippen LogP contribution in [0.25, 0.3) is 0 Å². The van der Waals surface area contributed by atoms with E-state index >= 15 is 0 Å². The number of hydrogen-bond donors (Lipinski definition) is 1. The minimum absolute atomic E-state index is 0.343. The van der Waals surface area contributed by atoms with Crippen molar-refractivity contribution in [2.75, 3.05) is 7.05 Å². The smallest absolute Gasteiger partial charge is 0.0930 e. The molecular formula is C16H22N2S. The molecule has 1 aromatic carbocycles. The minimum Gasteiger partial charge on any atom is -0.313 e. The highest BCUT2D eigenvalue weighted by Crippen LogP contribution is 2.20. The average molecular weight is 274 g/mol.